The molecule has 0 radical (unpaired) electrons. The van der Waals surface area contributed by atoms with Crippen molar-refractivity contribution in [2.24, 2.45) is 40.4 Å². The third kappa shape index (κ3) is 2.70. The van der Waals surface area contributed by atoms with Gasteiger partial charge in [-0.05, 0) is 99.2 Å². The molecular formula is C22H35BrO2. The molecule has 0 spiro atoms. The molecule has 142 valence electrons. The van der Waals surface area contributed by atoms with Crippen LogP contribution >= 0.6 is 15.9 Å². The van der Waals surface area contributed by atoms with E-state index >= 15 is 0 Å². The Balaban J connectivity index is 1.59. The molecule has 8 atom stereocenters. The molecule has 3 heteroatoms. The fourth-order valence-electron chi connectivity index (χ4n) is 8.05. The third-order valence-electron chi connectivity index (χ3n) is 9.47. The minimum atomic E-state index is -0.444. The highest BCUT2D eigenvalue weighted by atomic mass is 79.9. The lowest BCUT2D eigenvalue weighted by Crippen LogP contribution is -2.55. The van der Waals surface area contributed by atoms with Crippen LogP contribution < -0.4 is 0 Å². The van der Waals surface area contributed by atoms with Crippen LogP contribution in [0.15, 0.2) is 0 Å². The Kier molecular flexibility index (Phi) is 4.47. The van der Waals surface area contributed by atoms with Crippen molar-refractivity contribution in [2.45, 2.75) is 84.2 Å². The Morgan fingerprint density at radius 1 is 0.960 bits per heavy atom. The van der Waals surface area contributed by atoms with E-state index in [9.17, 15) is 9.90 Å². The predicted molar refractivity (Wildman–Crippen MR) is 105 cm³/mol. The van der Waals surface area contributed by atoms with Crippen molar-refractivity contribution in [1.82, 2.24) is 0 Å². The number of ketones is 1. The van der Waals surface area contributed by atoms with Crippen LogP contribution in [0, 0.1) is 40.4 Å². The van der Waals surface area contributed by atoms with E-state index in [-0.39, 0.29) is 11.3 Å². The van der Waals surface area contributed by atoms with E-state index in [4.69, 9.17) is 0 Å². The van der Waals surface area contributed by atoms with E-state index in [0.29, 0.717) is 22.4 Å². The maximum absolute atomic E-state index is 12.5. The highest BCUT2D eigenvalue weighted by Gasteiger charge is 2.61. The van der Waals surface area contributed by atoms with Crippen molar-refractivity contribution in [3.05, 3.63) is 0 Å². The average Bonchev–Trinajstić information content (AvgIpc) is 2.92. The fourth-order valence-corrected chi connectivity index (χ4v) is 8.44. The molecule has 0 bridgehead atoms. The summed E-state index contributed by atoms with van der Waals surface area (Å²) >= 11 is 3.43. The van der Waals surface area contributed by atoms with Crippen LogP contribution in [0.2, 0.25) is 0 Å². The third-order valence-corrected chi connectivity index (χ3v) is 10.0. The van der Waals surface area contributed by atoms with Crippen molar-refractivity contribution in [3.63, 3.8) is 0 Å². The zero-order chi connectivity index (χ0) is 18.0. The van der Waals surface area contributed by atoms with Crippen molar-refractivity contribution >= 4 is 21.7 Å². The van der Waals surface area contributed by atoms with Gasteiger partial charge in [-0.2, -0.15) is 0 Å². The summed E-state index contributed by atoms with van der Waals surface area (Å²) in [6.45, 7) is 7.03. The van der Waals surface area contributed by atoms with Gasteiger partial charge in [0.25, 0.3) is 0 Å². The molecule has 25 heavy (non-hydrogen) atoms. The molecule has 0 aromatic carbocycles. The zero-order valence-electron chi connectivity index (χ0n) is 16.2. The summed E-state index contributed by atoms with van der Waals surface area (Å²) in [4.78, 5) is 12.5. The van der Waals surface area contributed by atoms with Gasteiger partial charge in [0.05, 0.1) is 10.9 Å². The molecule has 0 saturated heterocycles. The topological polar surface area (TPSA) is 37.3 Å². The molecule has 4 aliphatic rings. The number of Topliss-reactive ketones (excluding diaryl/α,β-unsaturated/α-hetero) is 1. The number of alkyl halides is 1. The highest BCUT2D eigenvalue weighted by molar-refractivity contribution is 9.09. The monoisotopic (exact) mass is 410 g/mol. The van der Waals surface area contributed by atoms with Gasteiger partial charge >= 0.3 is 0 Å². The molecule has 0 amide bonds. The second-order valence-electron chi connectivity index (χ2n) is 10.6. The lowest BCUT2D eigenvalue weighted by molar-refractivity contribution is -0.150. The molecule has 4 rings (SSSR count). The Morgan fingerprint density at radius 3 is 2.40 bits per heavy atom. The molecule has 0 aromatic heterocycles. The van der Waals surface area contributed by atoms with Gasteiger partial charge in [0, 0.05) is 5.92 Å². The van der Waals surface area contributed by atoms with Crippen molar-refractivity contribution in [3.8, 4) is 0 Å². The lowest BCUT2D eigenvalue weighted by Gasteiger charge is -2.61. The summed E-state index contributed by atoms with van der Waals surface area (Å²) in [5, 5.41) is 11.1. The first-order valence-corrected chi connectivity index (χ1v) is 11.6. The van der Waals surface area contributed by atoms with Crippen LogP contribution in [0.1, 0.15) is 78.6 Å². The molecule has 1 N–H and O–H groups in total. The number of halogens is 1. The number of rotatable bonds is 2. The summed E-state index contributed by atoms with van der Waals surface area (Å²) in [6, 6.07) is 0. The second-order valence-corrected chi connectivity index (χ2v) is 11.2. The highest BCUT2D eigenvalue weighted by Crippen LogP contribution is 2.68. The quantitative estimate of drug-likeness (QED) is 0.621. The number of carbonyl (C=O) groups excluding carboxylic acids is 1. The zero-order valence-corrected chi connectivity index (χ0v) is 17.8. The first-order valence-electron chi connectivity index (χ1n) is 10.5. The van der Waals surface area contributed by atoms with Crippen molar-refractivity contribution < 1.29 is 9.90 Å². The molecule has 4 saturated carbocycles. The maximum atomic E-state index is 12.5. The van der Waals surface area contributed by atoms with Gasteiger partial charge in [-0.1, -0.05) is 29.8 Å². The number of hydrogen-bond donors (Lipinski definition) is 1. The van der Waals surface area contributed by atoms with Crippen molar-refractivity contribution in [2.75, 3.05) is 5.33 Å². The number of aliphatic hydroxyl groups is 1. The Bertz CT molecular complexity index is 558. The predicted octanol–water partition coefficient (Wildman–Crippen LogP) is 5.36. The van der Waals surface area contributed by atoms with Crippen LogP contribution in [-0.2, 0) is 4.79 Å². The van der Waals surface area contributed by atoms with E-state index in [1.165, 1.54) is 38.5 Å². The molecular weight excluding hydrogens is 376 g/mol. The van der Waals surface area contributed by atoms with E-state index in [0.717, 1.165) is 37.0 Å². The van der Waals surface area contributed by atoms with Crippen LogP contribution in [0.4, 0.5) is 0 Å². The van der Waals surface area contributed by atoms with Crippen LogP contribution in [0.5, 0.6) is 0 Å². The smallest absolute Gasteiger partial charge is 0.147 e. The minimum absolute atomic E-state index is 0.245. The Labute approximate surface area is 161 Å². The molecule has 2 nitrogen and oxygen atoms in total. The fraction of sp³-hybridized carbons (Fsp3) is 0.955. The lowest BCUT2D eigenvalue weighted by atomic mass is 9.44. The SMILES string of the molecule is C[C@@]1(O)CC[C@@]2(C)[C@H](CCC3[C@@H]2CC[C@]2(C)[C@@H](C(=O)CBr)CC[C@@H]32)C1. The molecule has 0 aromatic rings. The summed E-state index contributed by atoms with van der Waals surface area (Å²) in [5.74, 6) is 3.81. The largest absolute Gasteiger partial charge is 0.390 e. The maximum Gasteiger partial charge on any atom is 0.147 e. The van der Waals surface area contributed by atoms with Crippen LogP contribution in [-0.4, -0.2) is 21.8 Å². The molecule has 4 aliphatic carbocycles. The van der Waals surface area contributed by atoms with Gasteiger partial charge in [0.1, 0.15) is 5.78 Å². The van der Waals surface area contributed by atoms with Gasteiger partial charge < -0.3 is 5.11 Å². The number of carbonyl (C=O) groups is 1. The van der Waals surface area contributed by atoms with E-state index in [1.807, 2.05) is 6.92 Å². The Morgan fingerprint density at radius 2 is 1.68 bits per heavy atom. The second kappa shape index (κ2) is 6.06. The number of fused-ring (bicyclic) bond motifs is 5. The van der Waals surface area contributed by atoms with Crippen molar-refractivity contribution in [1.29, 1.82) is 0 Å². The normalized spacial score (nSPS) is 55.2. The van der Waals surface area contributed by atoms with Gasteiger partial charge in [0.2, 0.25) is 0 Å². The van der Waals surface area contributed by atoms with Gasteiger partial charge in [-0.3, -0.25) is 4.79 Å². The van der Waals surface area contributed by atoms with Gasteiger partial charge in [-0.25, -0.2) is 0 Å². The summed E-state index contributed by atoms with van der Waals surface area (Å²) in [5.41, 5.74) is 0.223. The minimum Gasteiger partial charge on any atom is -0.390 e. The molecule has 0 aliphatic heterocycles. The average molecular weight is 411 g/mol. The van der Waals surface area contributed by atoms with E-state index in [2.05, 4.69) is 29.8 Å². The first kappa shape index (κ1) is 18.5. The van der Waals surface area contributed by atoms with Gasteiger partial charge in [0.15, 0.2) is 0 Å². The molecule has 1 unspecified atom stereocenters. The summed E-state index contributed by atoms with van der Waals surface area (Å²) in [7, 11) is 0. The van der Waals surface area contributed by atoms with Crippen LogP contribution in [0.25, 0.3) is 0 Å². The molecule has 0 heterocycles. The van der Waals surface area contributed by atoms with E-state index < -0.39 is 5.60 Å². The van der Waals surface area contributed by atoms with Gasteiger partial charge in [-0.15, -0.1) is 0 Å². The van der Waals surface area contributed by atoms with E-state index in [1.54, 1.807) is 0 Å². The van der Waals surface area contributed by atoms with Crippen LogP contribution in [0.3, 0.4) is 0 Å². The first-order chi connectivity index (χ1) is 11.7. The number of hydrogen-bond acceptors (Lipinski definition) is 2. The summed E-state index contributed by atoms with van der Waals surface area (Å²) in [6.07, 6.45) is 10.7. The summed E-state index contributed by atoms with van der Waals surface area (Å²) < 4.78 is 0. The molecule has 4 fully saturated rings. The standard InChI is InChI=1S/C22H35BrO2/c1-20(25)10-11-21(2)14(12-20)4-5-15-16-6-7-18(19(24)13-23)22(16,3)9-8-17(15)21/h14-18,25H,4-13H2,1-3H3/t14-,15?,16+,17+,18-,20-,21+,22+/m1/s1. The Hall–Kier alpha value is 0.110.